The third kappa shape index (κ3) is 2.96. The van der Waals surface area contributed by atoms with Crippen LogP contribution in [0.4, 0.5) is 5.82 Å². The number of hydrogen-bond acceptors (Lipinski definition) is 5. The molecule has 2 atom stereocenters. The van der Waals surface area contributed by atoms with Crippen LogP contribution in [0.3, 0.4) is 0 Å². The van der Waals surface area contributed by atoms with Crippen molar-refractivity contribution in [3.05, 3.63) is 54.2 Å². The summed E-state index contributed by atoms with van der Waals surface area (Å²) < 4.78 is 1.19. The molecule has 0 spiro atoms. The van der Waals surface area contributed by atoms with Crippen LogP contribution in [-0.4, -0.2) is 28.9 Å². The lowest BCUT2D eigenvalue weighted by atomic mass is 10.0. The first-order chi connectivity index (χ1) is 12.1. The van der Waals surface area contributed by atoms with Gasteiger partial charge in [0.1, 0.15) is 11.7 Å². The van der Waals surface area contributed by atoms with Gasteiger partial charge in [0.2, 0.25) is 0 Å². The van der Waals surface area contributed by atoms with E-state index in [0.29, 0.717) is 12.0 Å². The van der Waals surface area contributed by atoms with E-state index in [9.17, 15) is 0 Å². The van der Waals surface area contributed by atoms with Crippen molar-refractivity contribution in [3.63, 3.8) is 0 Å². The lowest BCUT2D eigenvalue weighted by Crippen LogP contribution is -2.30. The van der Waals surface area contributed by atoms with Gasteiger partial charge in [-0.3, -0.25) is 9.98 Å². The Kier molecular flexibility index (Phi) is 4.09. The molecular weight excluding hydrogens is 328 g/mol. The number of anilines is 1. The SMILES string of the molecule is CC1C=CC(N(C)c2ccc3scc(-c4ccncc4)c3n2)=NC1C. The second-order valence-electron chi connectivity index (χ2n) is 6.41. The molecule has 0 saturated carbocycles. The van der Waals surface area contributed by atoms with Crippen LogP contribution < -0.4 is 4.90 Å². The Morgan fingerprint density at radius 3 is 2.64 bits per heavy atom. The highest BCUT2D eigenvalue weighted by Crippen LogP contribution is 2.33. The zero-order valence-corrected chi connectivity index (χ0v) is 15.4. The third-order valence-corrected chi connectivity index (χ3v) is 5.66. The van der Waals surface area contributed by atoms with E-state index in [4.69, 9.17) is 9.98 Å². The monoisotopic (exact) mass is 348 g/mol. The van der Waals surface area contributed by atoms with Gasteiger partial charge in [0.25, 0.3) is 0 Å². The highest BCUT2D eigenvalue weighted by molar-refractivity contribution is 7.17. The number of likely N-dealkylation sites (N-methyl/N-ethyl adjacent to an activating group) is 1. The van der Waals surface area contributed by atoms with Gasteiger partial charge < -0.3 is 4.90 Å². The van der Waals surface area contributed by atoms with Gasteiger partial charge >= 0.3 is 0 Å². The molecule has 5 heteroatoms. The minimum Gasteiger partial charge on any atom is -0.314 e. The second-order valence-corrected chi connectivity index (χ2v) is 7.32. The predicted molar refractivity (Wildman–Crippen MR) is 106 cm³/mol. The zero-order chi connectivity index (χ0) is 17.4. The molecule has 1 aliphatic rings. The number of fused-ring (bicyclic) bond motifs is 1. The van der Waals surface area contributed by atoms with Crippen LogP contribution in [0, 0.1) is 5.92 Å². The lowest BCUT2D eigenvalue weighted by molar-refractivity contribution is 0.577. The number of amidine groups is 1. The fraction of sp³-hybridized carbons (Fsp3) is 0.250. The van der Waals surface area contributed by atoms with Crippen LogP contribution in [0.1, 0.15) is 13.8 Å². The van der Waals surface area contributed by atoms with E-state index >= 15 is 0 Å². The number of nitrogens with zero attached hydrogens (tertiary/aromatic N) is 4. The molecule has 0 fully saturated rings. The summed E-state index contributed by atoms with van der Waals surface area (Å²) in [7, 11) is 2.03. The van der Waals surface area contributed by atoms with Gasteiger partial charge in [0, 0.05) is 30.4 Å². The molecule has 4 nitrogen and oxygen atoms in total. The summed E-state index contributed by atoms with van der Waals surface area (Å²) >= 11 is 1.72. The Hall–Kier alpha value is -2.53. The number of hydrogen-bond donors (Lipinski definition) is 0. The molecule has 0 saturated heterocycles. The van der Waals surface area contributed by atoms with Crippen molar-refractivity contribution in [1.29, 1.82) is 0 Å². The molecule has 2 unspecified atom stereocenters. The molecule has 0 N–H and O–H groups in total. The van der Waals surface area contributed by atoms with Crippen molar-refractivity contribution in [2.45, 2.75) is 19.9 Å². The fourth-order valence-corrected chi connectivity index (χ4v) is 3.82. The maximum atomic E-state index is 4.93. The third-order valence-electron chi connectivity index (χ3n) is 4.73. The Morgan fingerprint density at radius 1 is 1.08 bits per heavy atom. The molecule has 25 heavy (non-hydrogen) atoms. The average Bonchev–Trinajstić information content (AvgIpc) is 3.07. The fourth-order valence-electron chi connectivity index (χ4n) is 2.91. The van der Waals surface area contributed by atoms with Gasteiger partial charge in [-0.2, -0.15) is 0 Å². The molecule has 1 aliphatic heterocycles. The van der Waals surface area contributed by atoms with Gasteiger partial charge in [-0.05, 0) is 48.7 Å². The summed E-state index contributed by atoms with van der Waals surface area (Å²) in [6.45, 7) is 4.34. The normalized spacial score (nSPS) is 19.9. The van der Waals surface area contributed by atoms with E-state index in [1.54, 1.807) is 11.3 Å². The zero-order valence-electron chi connectivity index (χ0n) is 14.5. The molecule has 4 rings (SSSR count). The molecule has 0 radical (unpaired) electrons. The number of pyridine rings is 2. The van der Waals surface area contributed by atoms with Crippen molar-refractivity contribution >= 4 is 33.2 Å². The van der Waals surface area contributed by atoms with Crippen molar-refractivity contribution < 1.29 is 0 Å². The van der Waals surface area contributed by atoms with Gasteiger partial charge in [-0.15, -0.1) is 11.3 Å². The van der Waals surface area contributed by atoms with Crippen molar-refractivity contribution in [1.82, 2.24) is 9.97 Å². The van der Waals surface area contributed by atoms with Crippen molar-refractivity contribution in [2.24, 2.45) is 10.9 Å². The summed E-state index contributed by atoms with van der Waals surface area (Å²) in [6.07, 6.45) is 7.95. The summed E-state index contributed by atoms with van der Waals surface area (Å²) in [5.41, 5.74) is 3.33. The molecule has 3 aromatic rings. The Balaban J connectivity index is 1.74. The maximum absolute atomic E-state index is 4.93. The smallest absolute Gasteiger partial charge is 0.134 e. The number of aliphatic imine (C=N–C) groups is 1. The Bertz CT molecular complexity index is 958. The quantitative estimate of drug-likeness (QED) is 0.669. The van der Waals surface area contributed by atoms with Crippen LogP contribution >= 0.6 is 11.3 Å². The average molecular weight is 348 g/mol. The van der Waals surface area contributed by atoms with Crippen LogP contribution in [-0.2, 0) is 0 Å². The summed E-state index contributed by atoms with van der Waals surface area (Å²) in [5.74, 6) is 2.34. The van der Waals surface area contributed by atoms with Gasteiger partial charge in [0.15, 0.2) is 0 Å². The Morgan fingerprint density at radius 2 is 1.88 bits per heavy atom. The highest BCUT2D eigenvalue weighted by atomic mass is 32.1. The highest BCUT2D eigenvalue weighted by Gasteiger charge is 2.18. The van der Waals surface area contributed by atoms with E-state index in [-0.39, 0.29) is 0 Å². The van der Waals surface area contributed by atoms with Crippen molar-refractivity contribution in [2.75, 3.05) is 11.9 Å². The number of aromatic nitrogens is 2. The van der Waals surface area contributed by atoms with Gasteiger partial charge in [0.05, 0.1) is 16.3 Å². The molecule has 0 amide bonds. The minimum atomic E-state index is 0.291. The first-order valence-corrected chi connectivity index (χ1v) is 9.30. The molecule has 0 aliphatic carbocycles. The van der Waals surface area contributed by atoms with E-state index in [1.165, 1.54) is 4.70 Å². The van der Waals surface area contributed by atoms with Crippen LogP contribution in [0.15, 0.2) is 59.2 Å². The van der Waals surface area contributed by atoms with Gasteiger partial charge in [-0.25, -0.2) is 4.98 Å². The number of thiophene rings is 1. The molecule has 0 bridgehead atoms. The number of dihydropyridines is 1. The van der Waals surface area contributed by atoms with E-state index < -0.39 is 0 Å². The standard InChI is InChI=1S/C20H20N4S/c1-13-4-6-18(22-14(13)2)24(3)19-7-5-17-20(23-19)16(12-25-17)15-8-10-21-11-9-15/h4-14H,1-3H3. The van der Waals surface area contributed by atoms with E-state index in [0.717, 1.165) is 28.3 Å². The van der Waals surface area contributed by atoms with Crippen LogP contribution in [0.5, 0.6) is 0 Å². The lowest BCUT2D eigenvalue weighted by Gasteiger charge is -2.25. The summed E-state index contributed by atoms with van der Waals surface area (Å²) in [4.78, 5) is 15.9. The first kappa shape index (κ1) is 16.0. The summed E-state index contributed by atoms with van der Waals surface area (Å²) in [5, 5.41) is 2.17. The molecular formula is C20H20N4S. The maximum Gasteiger partial charge on any atom is 0.134 e. The largest absolute Gasteiger partial charge is 0.314 e. The number of rotatable bonds is 2. The predicted octanol–water partition coefficient (Wildman–Crippen LogP) is 4.79. The molecule has 4 heterocycles. The van der Waals surface area contributed by atoms with Crippen LogP contribution in [0.2, 0.25) is 0 Å². The Labute approximate surface area is 151 Å². The molecule has 3 aromatic heterocycles. The van der Waals surface area contributed by atoms with Crippen molar-refractivity contribution in [3.8, 4) is 11.1 Å². The van der Waals surface area contributed by atoms with Crippen LogP contribution in [0.25, 0.3) is 21.3 Å². The topological polar surface area (TPSA) is 41.4 Å². The summed E-state index contributed by atoms with van der Waals surface area (Å²) in [6, 6.07) is 8.55. The molecule has 126 valence electrons. The van der Waals surface area contributed by atoms with E-state index in [2.05, 4.69) is 53.4 Å². The van der Waals surface area contributed by atoms with E-state index in [1.807, 2.05) is 31.6 Å². The molecule has 0 aromatic carbocycles. The van der Waals surface area contributed by atoms with Gasteiger partial charge in [-0.1, -0.05) is 13.0 Å². The first-order valence-electron chi connectivity index (χ1n) is 8.42. The second kappa shape index (κ2) is 6.41. The minimum absolute atomic E-state index is 0.291.